The first-order valence-electron chi connectivity index (χ1n) is 8.50. The number of benzene rings is 2. The third kappa shape index (κ3) is 4.23. The molecule has 1 aromatic heterocycles. The summed E-state index contributed by atoms with van der Waals surface area (Å²) in [5, 5.41) is 10.3. The van der Waals surface area contributed by atoms with Crippen LogP contribution >= 0.6 is 11.6 Å². The van der Waals surface area contributed by atoms with Crippen LogP contribution in [0.3, 0.4) is 0 Å². The van der Waals surface area contributed by atoms with Gasteiger partial charge in [-0.2, -0.15) is 5.10 Å². The van der Waals surface area contributed by atoms with Gasteiger partial charge < -0.3 is 14.8 Å². The first-order chi connectivity index (χ1) is 13.1. The van der Waals surface area contributed by atoms with Gasteiger partial charge in [0.05, 0.1) is 36.2 Å². The number of hydrogen-bond donors (Lipinski definition) is 2. The maximum Gasteiger partial charge on any atom is 0.255 e. The topological polar surface area (TPSA) is 76.2 Å². The lowest BCUT2D eigenvalue weighted by atomic mass is 10.1. The number of halogens is 1. The van der Waals surface area contributed by atoms with Gasteiger partial charge in [0.2, 0.25) is 0 Å². The minimum absolute atomic E-state index is 0.241. The van der Waals surface area contributed by atoms with Crippen LogP contribution in [0.1, 0.15) is 22.8 Å². The number of ether oxygens (including phenoxy) is 2. The van der Waals surface area contributed by atoms with Crippen LogP contribution in [0.4, 0.5) is 0 Å². The van der Waals surface area contributed by atoms with Gasteiger partial charge in [-0.15, -0.1) is 0 Å². The molecule has 6 nitrogen and oxygen atoms in total. The van der Waals surface area contributed by atoms with E-state index in [4.69, 9.17) is 21.1 Å². The molecule has 0 aliphatic heterocycles. The Morgan fingerprint density at radius 3 is 2.78 bits per heavy atom. The van der Waals surface area contributed by atoms with Crippen molar-refractivity contribution in [2.45, 2.75) is 13.5 Å². The lowest BCUT2D eigenvalue weighted by Gasteiger charge is -2.10. The Hall–Kier alpha value is -2.99. The molecule has 2 N–H and O–H groups in total. The molecule has 0 atom stereocenters. The van der Waals surface area contributed by atoms with Crippen molar-refractivity contribution in [2.24, 2.45) is 0 Å². The molecule has 3 rings (SSSR count). The van der Waals surface area contributed by atoms with Crippen LogP contribution < -0.4 is 14.8 Å². The van der Waals surface area contributed by atoms with E-state index in [0.717, 1.165) is 16.9 Å². The van der Waals surface area contributed by atoms with Crippen molar-refractivity contribution in [3.05, 3.63) is 64.8 Å². The summed E-state index contributed by atoms with van der Waals surface area (Å²) in [6.07, 6.45) is 1.50. The monoisotopic (exact) mass is 385 g/mol. The van der Waals surface area contributed by atoms with E-state index in [1.165, 1.54) is 6.20 Å². The average molecular weight is 386 g/mol. The van der Waals surface area contributed by atoms with Crippen molar-refractivity contribution >= 4 is 17.5 Å². The van der Waals surface area contributed by atoms with Gasteiger partial charge in [-0.25, -0.2) is 0 Å². The molecule has 0 aliphatic carbocycles. The van der Waals surface area contributed by atoms with Gasteiger partial charge in [-0.3, -0.25) is 9.89 Å². The summed E-state index contributed by atoms with van der Waals surface area (Å²) >= 11 is 6.26. The van der Waals surface area contributed by atoms with Crippen molar-refractivity contribution < 1.29 is 14.3 Å². The largest absolute Gasteiger partial charge is 0.496 e. The van der Waals surface area contributed by atoms with Crippen LogP contribution in [0, 0.1) is 0 Å². The molecule has 1 heterocycles. The van der Waals surface area contributed by atoms with Crippen LogP contribution in [0.25, 0.3) is 11.3 Å². The summed E-state index contributed by atoms with van der Waals surface area (Å²) in [5.74, 6) is 1.09. The molecule has 0 bridgehead atoms. The van der Waals surface area contributed by atoms with E-state index < -0.39 is 0 Å². The Balaban J connectivity index is 1.78. The fourth-order valence-electron chi connectivity index (χ4n) is 2.73. The normalized spacial score (nSPS) is 10.5. The number of rotatable bonds is 7. The quantitative estimate of drug-likeness (QED) is 0.642. The molecular weight excluding hydrogens is 366 g/mol. The highest BCUT2D eigenvalue weighted by atomic mass is 35.5. The van der Waals surface area contributed by atoms with Crippen molar-refractivity contribution in [3.8, 4) is 22.8 Å². The summed E-state index contributed by atoms with van der Waals surface area (Å²) in [5.41, 5.74) is 2.67. The Labute approximate surface area is 162 Å². The van der Waals surface area contributed by atoms with Crippen LogP contribution in [-0.2, 0) is 6.54 Å². The number of para-hydroxylation sites is 1. The zero-order valence-corrected chi connectivity index (χ0v) is 15.8. The second-order valence-corrected chi connectivity index (χ2v) is 6.14. The lowest BCUT2D eigenvalue weighted by molar-refractivity contribution is 0.0951. The Kier molecular flexibility index (Phi) is 5.98. The maximum absolute atomic E-state index is 12.7. The Morgan fingerprint density at radius 2 is 2.04 bits per heavy atom. The maximum atomic E-state index is 12.7. The molecule has 3 aromatic rings. The summed E-state index contributed by atoms with van der Waals surface area (Å²) in [6, 6.07) is 12.9. The lowest BCUT2D eigenvalue weighted by Crippen LogP contribution is -2.23. The van der Waals surface area contributed by atoms with Crippen molar-refractivity contribution in [3.63, 3.8) is 0 Å². The first kappa shape index (κ1) is 18.8. The molecule has 0 spiro atoms. The average Bonchev–Trinajstić information content (AvgIpc) is 3.18. The molecule has 2 aromatic carbocycles. The number of aromatic nitrogens is 2. The third-order valence-electron chi connectivity index (χ3n) is 4.04. The van der Waals surface area contributed by atoms with Crippen LogP contribution in [0.15, 0.2) is 48.7 Å². The molecule has 1 amide bonds. The molecule has 7 heteroatoms. The van der Waals surface area contributed by atoms with E-state index >= 15 is 0 Å². The fraction of sp³-hybridized carbons (Fsp3) is 0.200. The van der Waals surface area contributed by atoms with Crippen LogP contribution in [-0.4, -0.2) is 29.8 Å². The number of aromatic amines is 1. The van der Waals surface area contributed by atoms with Gasteiger partial charge in [0.15, 0.2) is 0 Å². The van der Waals surface area contributed by atoms with E-state index in [1.54, 1.807) is 19.2 Å². The highest BCUT2D eigenvalue weighted by Gasteiger charge is 2.17. The van der Waals surface area contributed by atoms with Crippen molar-refractivity contribution in [2.75, 3.05) is 13.7 Å². The van der Waals surface area contributed by atoms with Gasteiger partial charge >= 0.3 is 0 Å². The number of nitrogens with zero attached hydrogens (tertiary/aromatic N) is 1. The molecule has 0 fully saturated rings. The van der Waals surface area contributed by atoms with Crippen LogP contribution in [0.2, 0.25) is 5.02 Å². The summed E-state index contributed by atoms with van der Waals surface area (Å²) in [4.78, 5) is 12.7. The van der Waals surface area contributed by atoms with E-state index in [9.17, 15) is 4.79 Å². The van der Waals surface area contributed by atoms with Gasteiger partial charge in [-0.1, -0.05) is 29.8 Å². The number of H-pyrrole nitrogens is 1. The summed E-state index contributed by atoms with van der Waals surface area (Å²) in [6.45, 7) is 2.76. The number of carbonyl (C=O) groups excluding carboxylic acids is 1. The van der Waals surface area contributed by atoms with Gasteiger partial charge in [0.1, 0.15) is 11.5 Å². The molecule has 0 aliphatic rings. The summed E-state index contributed by atoms with van der Waals surface area (Å²) < 4.78 is 10.8. The SMILES string of the molecule is CCOc1ccc(-c2[nH]ncc2C(=O)NCc2ccccc2OC)cc1Cl. The molecule has 0 radical (unpaired) electrons. The number of hydrogen-bond acceptors (Lipinski definition) is 4. The third-order valence-corrected chi connectivity index (χ3v) is 4.33. The van der Waals surface area contributed by atoms with Crippen molar-refractivity contribution in [1.29, 1.82) is 0 Å². The predicted molar refractivity (Wildman–Crippen MR) is 104 cm³/mol. The number of nitrogens with one attached hydrogen (secondary N) is 2. The summed E-state index contributed by atoms with van der Waals surface area (Å²) in [7, 11) is 1.60. The molecular formula is C20H20ClN3O3. The highest BCUT2D eigenvalue weighted by molar-refractivity contribution is 6.32. The second kappa shape index (κ2) is 8.60. The smallest absolute Gasteiger partial charge is 0.255 e. The standard InChI is InChI=1S/C20H20ClN3O3/c1-3-27-18-9-8-13(10-16(18)21)19-15(12-23-24-19)20(25)22-11-14-6-4-5-7-17(14)26-2/h4-10,12H,3,11H2,1-2H3,(H,22,25)(H,23,24). The van der Waals surface area contributed by atoms with Gasteiger partial charge in [0, 0.05) is 17.7 Å². The molecule has 0 saturated heterocycles. The van der Waals surface area contributed by atoms with E-state index in [2.05, 4.69) is 15.5 Å². The highest BCUT2D eigenvalue weighted by Crippen LogP contribution is 2.31. The Morgan fingerprint density at radius 1 is 1.22 bits per heavy atom. The number of methoxy groups -OCH3 is 1. The minimum atomic E-state index is -0.241. The van der Waals surface area contributed by atoms with E-state index in [0.29, 0.717) is 35.2 Å². The zero-order chi connectivity index (χ0) is 19.2. The van der Waals surface area contributed by atoms with Gasteiger partial charge in [0.25, 0.3) is 5.91 Å². The zero-order valence-electron chi connectivity index (χ0n) is 15.1. The van der Waals surface area contributed by atoms with Gasteiger partial charge in [-0.05, 0) is 31.2 Å². The molecule has 0 unspecified atom stereocenters. The fourth-order valence-corrected chi connectivity index (χ4v) is 2.96. The van der Waals surface area contributed by atoms with E-state index in [-0.39, 0.29) is 5.91 Å². The molecule has 27 heavy (non-hydrogen) atoms. The number of amides is 1. The predicted octanol–water partition coefficient (Wildman–Crippen LogP) is 4.07. The first-order valence-corrected chi connectivity index (χ1v) is 8.88. The Bertz CT molecular complexity index is 940. The van der Waals surface area contributed by atoms with Crippen molar-refractivity contribution in [1.82, 2.24) is 15.5 Å². The van der Waals surface area contributed by atoms with Crippen LogP contribution in [0.5, 0.6) is 11.5 Å². The molecule has 0 saturated carbocycles. The van der Waals surface area contributed by atoms with E-state index in [1.807, 2.05) is 37.3 Å². The molecule has 140 valence electrons. The second-order valence-electron chi connectivity index (χ2n) is 5.73. The number of carbonyl (C=O) groups is 1. The minimum Gasteiger partial charge on any atom is -0.496 e.